The van der Waals surface area contributed by atoms with Crippen molar-refractivity contribution in [2.45, 2.75) is 40.0 Å². The van der Waals surface area contributed by atoms with Gasteiger partial charge in [0.15, 0.2) is 5.92 Å². The van der Waals surface area contributed by atoms with E-state index >= 15 is 0 Å². The van der Waals surface area contributed by atoms with E-state index in [4.69, 9.17) is 10.2 Å². The van der Waals surface area contributed by atoms with Crippen molar-refractivity contribution >= 4 is 82.2 Å². The van der Waals surface area contributed by atoms with E-state index in [1.54, 1.807) is 6.92 Å². The first-order valence-electron chi connectivity index (χ1n) is 5.41. The maximum absolute atomic E-state index is 10.8. The molecule has 17 heavy (non-hydrogen) atoms. The quantitative estimate of drug-likeness (QED) is 0.530. The second-order valence-electron chi connectivity index (χ2n) is 3.97. The maximum atomic E-state index is 10.8. The van der Waals surface area contributed by atoms with Crippen LogP contribution in [0.3, 0.4) is 0 Å². The van der Waals surface area contributed by atoms with Gasteiger partial charge in [-0.05, 0) is 11.8 Å². The van der Waals surface area contributed by atoms with Crippen LogP contribution >= 0.6 is 0 Å². The number of hydrogen-bond acceptors (Lipinski definition) is 2. The molecule has 0 amide bonds. The summed E-state index contributed by atoms with van der Waals surface area (Å²) in [6, 6.07) is 0. The molecule has 0 aliphatic heterocycles. The number of carboxylic acid groups (broad SMARTS) is 2. The Hall–Kier alpha value is 1.17. The fraction of sp³-hybridized carbons (Fsp3) is 0.818. The molecule has 0 aliphatic rings. The van der Waals surface area contributed by atoms with Crippen LogP contribution < -0.4 is 0 Å². The van der Waals surface area contributed by atoms with Gasteiger partial charge in [0.2, 0.25) is 0 Å². The molecule has 2 atom stereocenters. The van der Waals surface area contributed by atoms with E-state index in [0.29, 0.717) is 0 Å². The second-order valence-corrected chi connectivity index (χ2v) is 3.97. The molecule has 0 bridgehead atoms. The molecule has 0 radical (unpaired) electrons. The van der Waals surface area contributed by atoms with Crippen LogP contribution in [0.2, 0.25) is 0 Å². The molecule has 0 aliphatic carbocycles. The van der Waals surface area contributed by atoms with Gasteiger partial charge in [0.25, 0.3) is 0 Å². The molecule has 6 heteroatoms. The SMILES string of the molecule is CCCC(CC)C(C)C(C(=O)O)C(=O)O.[KH].[LiH]. The normalized spacial score (nSPS) is 13.2. The molecule has 4 nitrogen and oxygen atoms in total. The van der Waals surface area contributed by atoms with E-state index in [1.807, 2.05) is 13.8 Å². The summed E-state index contributed by atoms with van der Waals surface area (Å²) in [5.41, 5.74) is 0. The molecule has 0 fully saturated rings. The van der Waals surface area contributed by atoms with Gasteiger partial charge in [0.05, 0.1) is 0 Å². The van der Waals surface area contributed by atoms with Gasteiger partial charge >= 0.3 is 82.2 Å². The third kappa shape index (κ3) is 8.04. The molecule has 2 unspecified atom stereocenters. The van der Waals surface area contributed by atoms with Gasteiger partial charge in [0, 0.05) is 0 Å². The Kier molecular flexibility index (Phi) is 16.7. The van der Waals surface area contributed by atoms with Gasteiger partial charge in [-0.1, -0.05) is 40.0 Å². The van der Waals surface area contributed by atoms with E-state index < -0.39 is 17.9 Å². The third-order valence-electron chi connectivity index (χ3n) is 2.99. The summed E-state index contributed by atoms with van der Waals surface area (Å²) in [6.45, 7) is 5.71. The average molecular weight is 264 g/mol. The van der Waals surface area contributed by atoms with Gasteiger partial charge in [-0.2, -0.15) is 0 Å². The predicted octanol–water partition coefficient (Wildman–Crippen LogP) is 0.937. The summed E-state index contributed by atoms with van der Waals surface area (Å²) in [7, 11) is 0. The van der Waals surface area contributed by atoms with Crippen LogP contribution in [0.25, 0.3) is 0 Å². The van der Waals surface area contributed by atoms with E-state index in [2.05, 4.69) is 0 Å². The minimum absolute atomic E-state index is 0. The van der Waals surface area contributed by atoms with E-state index in [1.165, 1.54) is 0 Å². The van der Waals surface area contributed by atoms with Crippen molar-refractivity contribution in [1.82, 2.24) is 0 Å². The van der Waals surface area contributed by atoms with Gasteiger partial charge in [-0.3, -0.25) is 9.59 Å². The molecule has 2 N–H and O–H groups in total. The Labute approximate surface area is 158 Å². The first-order valence-corrected chi connectivity index (χ1v) is 5.41. The fourth-order valence-corrected chi connectivity index (χ4v) is 2.04. The van der Waals surface area contributed by atoms with Crippen molar-refractivity contribution in [1.29, 1.82) is 0 Å². The Morgan fingerprint density at radius 1 is 1.12 bits per heavy atom. The summed E-state index contributed by atoms with van der Waals surface area (Å²) in [4.78, 5) is 21.7. The topological polar surface area (TPSA) is 74.6 Å². The molecule has 0 spiro atoms. The summed E-state index contributed by atoms with van der Waals surface area (Å²) < 4.78 is 0. The zero-order valence-electron chi connectivity index (χ0n) is 9.56. The minimum atomic E-state index is -1.28. The van der Waals surface area contributed by atoms with Crippen LogP contribution in [0.5, 0.6) is 0 Å². The molecule has 0 saturated carbocycles. The molecule has 92 valence electrons. The molecule has 0 aromatic carbocycles. The molecule has 0 rings (SSSR count). The van der Waals surface area contributed by atoms with E-state index in [0.717, 1.165) is 19.3 Å². The van der Waals surface area contributed by atoms with Gasteiger partial charge in [-0.15, -0.1) is 0 Å². The summed E-state index contributed by atoms with van der Waals surface area (Å²) >= 11 is 0. The number of carboxylic acids is 2. The van der Waals surface area contributed by atoms with Crippen molar-refractivity contribution in [3.05, 3.63) is 0 Å². The summed E-state index contributed by atoms with van der Waals surface area (Å²) in [5.74, 6) is -3.88. The molecule has 0 aromatic heterocycles. The van der Waals surface area contributed by atoms with Crippen molar-refractivity contribution in [2.75, 3.05) is 0 Å². The molecule has 0 saturated heterocycles. The first kappa shape index (κ1) is 23.3. The third-order valence-corrected chi connectivity index (χ3v) is 2.99. The van der Waals surface area contributed by atoms with Crippen LogP contribution in [0.1, 0.15) is 40.0 Å². The second kappa shape index (κ2) is 12.2. The number of carbonyl (C=O) groups is 2. The Morgan fingerprint density at radius 2 is 1.53 bits per heavy atom. The van der Waals surface area contributed by atoms with Crippen LogP contribution in [0.15, 0.2) is 0 Å². The molecule has 0 heterocycles. The number of hydrogen-bond donors (Lipinski definition) is 2. The Morgan fingerprint density at radius 3 is 1.76 bits per heavy atom. The standard InChI is InChI=1S/C11H20O4.K.Li.2H/c1-4-6-8(5-2)7(3)9(10(12)13)11(14)15;;;;/h7-9H,4-6H2,1-3H3,(H,12,13)(H,14,15);;;;. The van der Waals surface area contributed by atoms with E-state index in [9.17, 15) is 9.59 Å². The Balaban J connectivity index is -0.000000980. The van der Waals surface area contributed by atoms with Crippen molar-refractivity contribution < 1.29 is 19.8 Å². The molecule has 0 aromatic rings. The Bertz CT molecular complexity index is 222. The predicted molar refractivity (Wildman–Crippen MR) is 70.9 cm³/mol. The van der Waals surface area contributed by atoms with Crippen molar-refractivity contribution in [3.8, 4) is 0 Å². The number of rotatable bonds is 7. The fourth-order valence-electron chi connectivity index (χ4n) is 2.04. The van der Waals surface area contributed by atoms with Crippen LogP contribution in [-0.2, 0) is 9.59 Å². The average Bonchev–Trinajstić information content (AvgIpc) is 2.12. The van der Waals surface area contributed by atoms with Crippen LogP contribution in [0.4, 0.5) is 0 Å². The van der Waals surface area contributed by atoms with Crippen LogP contribution in [0, 0.1) is 17.8 Å². The van der Waals surface area contributed by atoms with E-state index in [-0.39, 0.29) is 82.1 Å². The van der Waals surface area contributed by atoms with Crippen molar-refractivity contribution in [2.24, 2.45) is 17.8 Å². The summed E-state index contributed by atoms with van der Waals surface area (Å²) in [5, 5.41) is 17.7. The summed E-state index contributed by atoms with van der Waals surface area (Å²) in [6.07, 6.45) is 2.66. The zero-order valence-corrected chi connectivity index (χ0v) is 9.56. The first-order chi connectivity index (χ1) is 6.95. The van der Waals surface area contributed by atoms with Crippen molar-refractivity contribution in [3.63, 3.8) is 0 Å². The zero-order chi connectivity index (χ0) is 12.0. The number of aliphatic carboxylic acids is 2. The molecular weight excluding hydrogens is 242 g/mol. The van der Waals surface area contributed by atoms with Gasteiger partial charge in [0.1, 0.15) is 0 Å². The monoisotopic (exact) mass is 264 g/mol. The van der Waals surface area contributed by atoms with Gasteiger partial charge in [-0.25, -0.2) is 0 Å². The van der Waals surface area contributed by atoms with Crippen LogP contribution in [-0.4, -0.2) is 92.4 Å². The molecular formula is C11H22KLiO4. The van der Waals surface area contributed by atoms with Gasteiger partial charge < -0.3 is 10.2 Å².